The summed E-state index contributed by atoms with van der Waals surface area (Å²) in [6, 6.07) is 33.6. The molecule has 0 fully saturated rings. The van der Waals surface area contributed by atoms with Crippen LogP contribution in [-0.2, 0) is 10.5 Å². The lowest BCUT2D eigenvalue weighted by Gasteiger charge is -2.12. The Morgan fingerprint density at radius 3 is 2.20 bits per heavy atom. The molecule has 0 heterocycles. The molecule has 0 unspecified atom stereocenters. The average molecular weight is 499 g/mol. The molecule has 4 nitrogen and oxygen atoms in total. The Balaban J connectivity index is 1.51. The molecular weight excluding hydrogens is 476 g/mol. The first-order chi connectivity index (χ1) is 17.1. The predicted molar refractivity (Wildman–Crippen MR) is 144 cm³/mol. The highest BCUT2D eigenvalue weighted by molar-refractivity contribution is 7.98. The molecule has 0 saturated carbocycles. The van der Waals surface area contributed by atoms with Crippen molar-refractivity contribution in [2.24, 2.45) is 0 Å². The van der Waals surface area contributed by atoms with Crippen LogP contribution in [-0.4, -0.2) is 11.8 Å². The van der Waals surface area contributed by atoms with E-state index in [9.17, 15) is 9.59 Å². The van der Waals surface area contributed by atoms with Gasteiger partial charge in [0.2, 0.25) is 0 Å². The molecule has 4 aromatic rings. The maximum Gasteiger partial charge on any atom is 0.272 e. The Morgan fingerprint density at radius 2 is 1.49 bits per heavy atom. The fraction of sp³-hybridized carbons (Fsp3) is 0.0345. The van der Waals surface area contributed by atoms with E-state index in [1.165, 1.54) is 5.56 Å². The van der Waals surface area contributed by atoms with Gasteiger partial charge in [0, 0.05) is 26.9 Å². The maximum absolute atomic E-state index is 13.2. The molecule has 0 saturated heterocycles. The summed E-state index contributed by atoms with van der Waals surface area (Å²) in [5, 5.41) is 6.25. The van der Waals surface area contributed by atoms with Crippen LogP contribution in [0.15, 0.2) is 120 Å². The highest BCUT2D eigenvalue weighted by Crippen LogP contribution is 2.25. The summed E-state index contributed by atoms with van der Waals surface area (Å²) >= 11 is 7.68. The lowest BCUT2D eigenvalue weighted by atomic mass is 10.1. The van der Waals surface area contributed by atoms with Gasteiger partial charge in [0.1, 0.15) is 5.70 Å². The second-order valence-electron chi connectivity index (χ2n) is 7.69. The highest BCUT2D eigenvalue weighted by atomic mass is 35.5. The summed E-state index contributed by atoms with van der Waals surface area (Å²) < 4.78 is 0. The van der Waals surface area contributed by atoms with Crippen molar-refractivity contribution in [3.05, 3.63) is 137 Å². The zero-order chi connectivity index (χ0) is 24.5. The number of hydrogen-bond donors (Lipinski definition) is 2. The molecule has 0 atom stereocenters. The van der Waals surface area contributed by atoms with E-state index in [1.54, 1.807) is 66.4 Å². The third-order valence-electron chi connectivity index (χ3n) is 5.05. The molecule has 0 radical (unpaired) electrons. The first kappa shape index (κ1) is 24.3. The van der Waals surface area contributed by atoms with Gasteiger partial charge < -0.3 is 10.6 Å². The molecule has 4 rings (SSSR count). The molecule has 4 aromatic carbocycles. The number of carbonyl (C=O) groups excluding carboxylic acids is 2. The van der Waals surface area contributed by atoms with Gasteiger partial charge in [-0.2, -0.15) is 0 Å². The van der Waals surface area contributed by atoms with Gasteiger partial charge in [0.15, 0.2) is 0 Å². The molecule has 2 amide bonds. The number of thioether (sulfide) groups is 1. The molecule has 174 valence electrons. The van der Waals surface area contributed by atoms with Crippen molar-refractivity contribution in [2.75, 3.05) is 5.32 Å². The van der Waals surface area contributed by atoms with Gasteiger partial charge in [0.25, 0.3) is 11.8 Å². The summed E-state index contributed by atoms with van der Waals surface area (Å²) in [5.74, 6) is 0.0372. The molecule has 35 heavy (non-hydrogen) atoms. The van der Waals surface area contributed by atoms with Crippen LogP contribution in [0, 0.1) is 0 Å². The Morgan fingerprint density at radius 1 is 0.800 bits per heavy atom. The van der Waals surface area contributed by atoms with Crippen molar-refractivity contribution in [2.45, 2.75) is 10.6 Å². The van der Waals surface area contributed by atoms with E-state index in [2.05, 4.69) is 22.8 Å². The van der Waals surface area contributed by atoms with E-state index >= 15 is 0 Å². The molecule has 0 aromatic heterocycles. The quantitative estimate of drug-likeness (QED) is 0.202. The highest BCUT2D eigenvalue weighted by Gasteiger charge is 2.15. The Kier molecular flexibility index (Phi) is 8.39. The van der Waals surface area contributed by atoms with Gasteiger partial charge in [-0.05, 0) is 59.7 Å². The van der Waals surface area contributed by atoms with E-state index in [0.29, 0.717) is 16.3 Å². The van der Waals surface area contributed by atoms with Gasteiger partial charge in [-0.15, -0.1) is 11.8 Å². The minimum absolute atomic E-state index is 0.128. The van der Waals surface area contributed by atoms with Crippen LogP contribution in [0.2, 0.25) is 5.02 Å². The van der Waals surface area contributed by atoms with Gasteiger partial charge in [-0.3, -0.25) is 9.59 Å². The smallest absolute Gasteiger partial charge is 0.272 e. The first-order valence-electron chi connectivity index (χ1n) is 11.0. The first-order valence-corrected chi connectivity index (χ1v) is 12.3. The van der Waals surface area contributed by atoms with Gasteiger partial charge in [0.05, 0.1) is 0 Å². The standard InChI is InChI=1S/C29H23ClN2O2S/c30-24-16-14-21(15-17-24)18-27(32-28(33)23-10-5-2-6-11-23)29(34)31-25-12-7-13-26(19-25)35-20-22-8-3-1-4-9-22/h1-19H,20H2,(H,31,34)(H,32,33)/b27-18+. The number of benzene rings is 4. The van der Waals surface area contributed by atoms with Gasteiger partial charge in [-0.1, -0.05) is 78.3 Å². The Hall–Kier alpha value is -3.80. The lowest BCUT2D eigenvalue weighted by Crippen LogP contribution is -2.30. The van der Waals surface area contributed by atoms with E-state index in [1.807, 2.05) is 48.5 Å². The van der Waals surface area contributed by atoms with E-state index in [-0.39, 0.29) is 11.6 Å². The zero-order valence-electron chi connectivity index (χ0n) is 18.8. The number of hydrogen-bond acceptors (Lipinski definition) is 3. The summed E-state index contributed by atoms with van der Waals surface area (Å²) in [4.78, 5) is 27.0. The van der Waals surface area contributed by atoms with Crippen molar-refractivity contribution in [1.29, 1.82) is 0 Å². The van der Waals surface area contributed by atoms with Crippen molar-refractivity contribution in [3.63, 3.8) is 0 Å². The fourth-order valence-corrected chi connectivity index (χ4v) is 4.31. The fourth-order valence-electron chi connectivity index (χ4n) is 3.27. The normalized spacial score (nSPS) is 11.1. The van der Waals surface area contributed by atoms with Gasteiger partial charge >= 0.3 is 0 Å². The molecular formula is C29H23ClN2O2S. The van der Waals surface area contributed by atoms with Crippen LogP contribution in [0.3, 0.4) is 0 Å². The molecule has 2 N–H and O–H groups in total. The largest absolute Gasteiger partial charge is 0.321 e. The number of amides is 2. The monoisotopic (exact) mass is 498 g/mol. The molecule has 0 bridgehead atoms. The van der Waals surface area contributed by atoms with Gasteiger partial charge in [-0.25, -0.2) is 0 Å². The van der Waals surface area contributed by atoms with Crippen LogP contribution in [0.1, 0.15) is 21.5 Å². The topological polar surface area (TPSA) is 58.2 Å². The number of rotatable bonds is 8. The zero-order valence-corrected chi connectivity index (χ0v) is 20.4. The third-order valence-corrected chi connectivity index (χ3v) is 6.37. The second kappa shape index (κ2) is 12.1. The van der Waals surface area contributed by atoms with E-state index < -0.39 is 5.91 Å². The van der Waals surface area contributed by atoms with Crippen LogP contribution in [0.25, 0.3) is 6.08 Å². The van der Waals surface area contributed by atoms with E-state index in [0.717, 1.165) is 16.2 Å². The predicted octanol–water partition coefficient (Wildman–Crippen LogP) is 7.04. The average Bonchev–Trinajstić information content (AvgIpc) is 2.89. The minimum Gasteiger partial charge on any atom is -0.321 e. The summed E-state index contributed by atoms with van der Waals surface area (Å²) in [7, 11) is 0. The molecule has 6 heteroatoms. The van der Waals surface area contributed by atoms with Crippen LogP contribution in [0.5, 0.6) is 0 Å². The summed E-state index contributed by atoms with van der Waals surface area (Å²) in [6.45, 7) is 0. The van der Waals surface area contributed by atoms with Crippen molar-refractivity contribution >= 4 is 46.9 Å². The lowest BCUT2D eigenvalue weighted by molar-refractivity contribution is -0.113. The Labute approximate surface area is 214 Å². The summed E-state index contributed by atoms with van der Waals surface area (Å²) in [5.41, 5.74) is 3.19. The van der Waals surface area contributed by atoms with Crippen LogP contribution < -0.4 is 10.6 Å². The minimum atomic E-state index is -0.422. The second-order valence-corrected chi connectivity index (χ2v) is 9.17. The van der Waals surface area contributed by atoms with E-state index in [4.69, 9.17) is 11.6 Å². The number of anilines is 1. The molecule has 0 aliphatic carbocycles. The molecule has 0 aliphatic rings. The molecule has 0 aliphatic heterocycles. The number of halogens is 1. The van der Waals surface area contributed by atoms with Crippen molar-refractivity contribution < 1.29 is 9.59 Å². The van der Waals surface area contributed by atoms with Crippen LogP contribution >= 0.6 is 23.4 Å². The molecule has 0 spiro atoms. The SMILES string of the molecule is O=C(Nc1cccc(SCc2ccccc2)c1)/C(=C\c1ccc(Cl)cc1)NC(=O)c1ccccc1. The number of carbonyl (C=O) groups is 2. The summed E-state index contributed by atoms with van der Waals surface area (Å²) in [6.07, 6.45) is 1.63. The third kappa shape index (κ3) is 7.34. The van der Waals surface area contributed by atoms with Crippen molar-refractivity contribution in [1.82, 2.24) is 5.32 Å². The number of nitrogens with one attached hydrogen (secondary N) is 2. The maximum atomic E-state index is 13.2. The van der Waals surface area contributed by atoms with Crippen LogP contribution in [0.4, 0.5) is 5.69 Å². The Bertz CT molecular complexity index is 1320. The van der Waals surface area contributed by atoms with Crippen molar-refractivity contribution in [3.8, 4) is 0 Å².